The van der Waals surface area contributed by atoms with Crippen molar-refractivity contribution in [3.63, 3.8) is 0 Å². The SMILES string of the molecule is C=C(C)/C=C\C(=C\C)N1CCN(C(=C\C)/C(C)=C\C(=C)C)C1. The van der Waals surface area contributed by atoms with E-state index in [1.54, 1.807) is 0 Å². The van der Waals surface area contributed by atoms with Crippen LogP contribution in [0.5, 0.6) is 0 Å². The van der Waals surface area contributed by atoms with Gasteiger partial charge >= 0.3 is 0 Å². The Labute approximate surface area is 136 Å². The summed E-state index contributed by atoms with van der Waals surface area (Å²) in [7, 11) is 0. The summed E-state index contributed by atoms with van der Waals surface area (Å²) in [6.07, 6.45) is 10.7. The van der Waals surface area contributed by atoms with Gasteiger partial charge in [-0.2, -0.15) is 0 Å². The zero-order chi connectivity index (χ0) is 16.7. The monoisotopic (exact) mass is 298 g/mol. The fourth-order valence-corrected chi connectivity index (χ4v) is 2.71. The number of nitrogens with zero attached hydrogens (tertiary/aromatic N) is 2. The predicted octanol–water partition coefficient (Wildman–Crippen LogP) is 5.02. The van der Waals surface area contributed by atoms with Crippen molar-refractivity contribution in [2.75, 3.05) is 19.8 Å². The first-order valence-electron chi connectivity index (χ1n) is 7.89. The Morgan fingerprint density at radius 2 is 1.50 bits per heavy atom. The summed E-state index contributed by atoms with van der Waals surface area (Å²) < 4.78 is 0. The lowest BCUT2D eigenvalue weighted by atomic mass is 10.1. The van der Waals surface area contributed by atoms with E-state index in [9.17, 15) is 0 Å². The van der Waals surface area contributed by atoms with E-state index in [2.05, 4.69) is 74.1 Å². The van der Waals surface area contributed by atoms with Crippen LogP contribution in [0.3, 0.4) is 0 Å². The molecule has 0 bridgehead atoms. The number of hydrogen-bond acceptors (Lipinski definition) is 2. The Morgan fingerprint density at radius 1 is 0.864 bits per heavy atom. The standard InChI is InChI=1S/C20H30N2/c1-8-19(11-10-16(3)4)21-12-13-22(15-21)20(9-2)18(7)14-17(5)6/h8-11,14H,3,5,12-13,15H2,1-2,4,6-7H3/b11-10-,18-14-,19-8-,20-9-. The molecule has 2 heteroatoms. The van der Waals surface area contributed by atoms with Crippen LogP contribution in [0.2, 0.25) is 0 Å². The lowest BCUT2D eigenvalue weighted by Gasteiger charge is -2.24. The highest BCUT2D eigenvalue weighted by atomic mass is 15.4. The van der Waals surface area contributed by atoms with Crippen LogP contribution in [-0.2, 0) is 0 Å². The number of allylic oxidation sites excluding steroid dienone is 8. The zero-order valence-corrected chi connectivity index (χ0v) is 14.8. The van der Waals surface area contributed by atoms with Crippen molar-refractivity contribution in [1.82, 2.24) is 9.80 Å². The highest BCUT2D eigenvalue weighted by Gasteiger charge is 2.22. The second-order valence-electron chi connectivity index (χ2n) is 5.91. The summed E-state index contributed by atoms with van der Waals surface area (Å²) in [6, 6.07) is 0. The maximum atomic E-state index is 3.98. The first-order valence-corrected chi connectivity index (χ1v) is 7.89. The Morgan fingerprint density at radius 3 is 2.00 bits per heavy atom. The third-order valence-corrected chi connectivity index (χ3v) is 3.66. The third-order valence-electron chi connectivity index (χ3n) is 3.66. The van der Waals surface area contributed by atoms with Gasteiger partial charge in [0.25, 0.3) is 0 Å². The molecule has 1 heterocycles. The van der Waals surface area contributed by atoms with Crippen LogP contribution in [0.25, 0.3) is 0 Å². The molecule has 1 aliphatic heterocycles. The molecule has 1 rings (SSSR count). The molecular formula is C20H30N2. The summed E-state index contributed by atoms with van der Waals surface area (Å²) in [5.74, 6) is 0. The van der Waals surface area contributed by atoms with Crippen molar-refractivity contribution in [1.29, 1.82) is 0 Å². The van der Waals surface area contributed by atoms with Crippen LogP contribution in [0.1, 0.15) is 34.6 Å². The third kappa shape index (κ3) is 5.10. The molecule has 0 aromatic heterocycles. The van der Waals surface area contributed by atoms with Crippen molar-refractivity contribution in [3.05, 3.63) is 71.7 Å². The van der Waals surface area contributed by atoms with Crippen molar-refractivity contribution >= 4 is 0 Å². The second-order valence-corrected chi connectivity index (χ2v) is 5.91. The largest absolute Gasteiger partial charge is 0.352 e. The van der Waals surface area contributed by atoms with Gasteiger partial charge < -0.3 is 9.80 Å². The van der Waals surface area contributed by atoms with E-state index in [4.69, 9.17) is 0 Å². The topological polar surface area (TPSA) is 6.48 Å². The first-order chi connectivity index (χ1) is 10.4. The van der Waals surface area contributed by atoms with Crippen molar-refractivity contribution in [2.45, 2.75) is 34.6 Å². The van der Waals surface area contributed by atoms with Gasteiger partial charge in [-0.15, -0.1) is 0 Å². The summed E-state index contributed by atoms with van der Waals surface area (Å²) >= 11 is 0. The van der Waals surface area contributed by atoms with Gasteiger partial charge in [-0.05, 0) is 46.3 Å². The molecule has 1 fully saturated rings. The zero-order valence-electron chi connectivity index (χ0n) is 14.8. The average Bonchev–Trinajstić information content (AvgIpc) is 2.88. The second kappa shape index (κ2) is 8.47. The van der Waals surface area contributed by atoms with Crippen LogP contribution in [0.15, 0.2) is 71.7 Å². The van der Waals surface area contributed by atoms with Gasteiger partial charge in [0.1, 0.15) is 0 Å². The van der Waals surface area contributed by atoms with Gasteiger partial charge in [0, 0.05) is 24.5 Å². The van der Waals surface area contributed by atoms with Crippen LogP contribution in [0.4, 0.5) is 0 Å². The summed E-state index contributed by atoms with van der Waals surface area (Å²) in [5, 5.41) is 0. The lowest BCUT2D eigenvalue weighted by Crippen LogP contribution is -2.24. The highest BCUT2D eigenvalue weighted by Crippen LogP contribution is 2.23. The van der Waals surface area contributed by atoms with E-state index in [0.717, 1.165) is 30.9 Å². The first kappa shape index (κ1) is 18.1. The molecule has 2 nitrogen and oxygen atoms in total. The Balaban J connectivity index is 2.84. The highest BCUT2D eigenvalue weighted by molar-refractivity contribution is 5.34. The van der Waals surface area contributed by atoms with Crippen molar-refractivity contribution in [3.8, 4) is 0 Å². The van der Waals surface area contributed by atoms with Crippen LogP contribution >= 0.6 is 0 Å². The van der Waals surface area contributed by atoms with E-state index in [1.165, 1.54) is 17.0 Å². The van der Waals surface area contributed by atoms with Gasteiger partial charge in [0.05, 0.1) is 6.67 Å². The maximum Gasteiger partial charge on any atom is 0.0904 e. The fraction of sp³-hybridized carbons (Fsp3) is 0.400. The minimum absolute atomic E-state index is 0.918. The molecule has 0 amide bonds. The molecule has 120 valence electrons. The quantitative estimate of drug-likeness (QED) is 0.635. The molecule has 0 aromatic rings. The van der Waals surface area contributed by atoms with Gasteiger partial charge in [-0.1, -0.05) is 48.6 Å². The van der Waals surface area contributed by atoms with E-state index in [0.29, 0.717) is 0 Å². The van der Waals surface area contributed by atoms with E-state index >= 15 is 0 Å². The molecule has 0 radical (unpaired) electrons. The molecule has 22 heavy (non-hydrogen) atoms. The predicted molar refractivity (Wildman–Crippen MR) is 98.3 cm³/mol. The van der Waals surface area contributed by atoms with Crippen LogP contribution in [-0.4, -0.2) is 29.6 Å². The van der Waals surface area contributed by atoms with Crippen LogP contribution < -0.4 is 0 Å². The minimum Gasteiger partial charge on any atom is -0.352 e. The molecule has 0 unspecified atom stereocenters. The minimum atomic E-state index is 0.918. The summed E-state index contributed by atoms with van der Waals surface area (Å²) in [5.41, 5.74) is 5.99. The summed E-state index contributed by atoms with van der Waals surface area (Å²) in [6.45, 7) is 21.3. The van der Waals surface area contributed by atoms with Gasteiger partial charge in [-0.3, -0.25) is 0 Å². The maximum absolute atomic E-state index is 3.98. The van der Waals surface area contributed by atoms with E-state index < -0.39 is 0 Å². The van der Waals surface area contributed by atoms with Gasteiger partial charge in [-0.25, -0.2) is 0 Å². The van der Waals surface area contributed by atoms with Crippen molar-refractivity contribution in [2.24, 2.45) is 0 Å². The molecule has 0 spiro atoms. The Bertz CT molecular complexity index is 544. The Kier molecular flexibility index (Phi) is 6.97. The Hall–Kier alpha value is -1.96. The van der Waals surface area contributed by atoms with Crippen LogP contribution in [0, 0.1) is 0 Å². The fourth-order valence-electron chi connectivity index (χ4n) is 2.71. The van der Waals surface area contributed by atoms with E-state index in [1.807, 2.05) is 13.8 Å². The smallest absolute Gasteiger partial charge is 0.0904 e. The van der Waals surface area contributed by atoms with Gasteiger partial charge in [0.15, 0.2) is 0 Å². The molecule has 1 saturated heterocycles. The van der Waals surface area contributed by atoms with Crippen molar-refractivity contribution < 1.29 is 0 Å². The van der Waals surface area contributed by atoms with E-state index in [-0.39, 0.29) is 0 Å². The number of hydrogen-bond donors (Lipinski definition) is 0. The molecule has 0 saturated carbocycles. The molecule has 1 aliphatic rings. The number of rotatable bonds is 6. The molecule has 0 atom stereocenters. The summed E-state index contributed by atoms with van der Waals surface area (Å²) in [4.78, 5) is 4.82. The average molecular weight is 298 g/mol. The van der Waals surface area contributed by atoms with Gasteiger partial charge in [0.2, 0.25) is 0 Å². The molecule has 0 N–H and O–H groups in total. The lowest BCUT2D eigenvalue weighted by molar-refractivity contribution is 0.338. The molecular weight excluding hydrogens is 268 g/mol. The normalized spacial score (nSPS) is 17.6. The molecule has 0 aromatic carbocycles. The molecule has 0 aliphatic carbocycles.